The van der Waals surface area contributed by atoms with E-state index in [4.69, 9.17) is 9.84 Å². The van der Waals surface area contributed by atoms with Gasteiger partial charge < -0.3 is 15.2 Å². The minimum atomic E-state index is 0.00459. The van der Waals surface area contributed by atoms with Crippen LogP contribution >= 0.6 is 0 Å². The number of ether oxygens (including phenoxy) is 1. The molecule has 0 spiro atoms. The van der Waals surface area contributed by atoms with Crippen LogP contribution in [0.25, 0.3) is 0 Å². The summed E-state index contributed by atoms with van der Waals surface area (Å²) in [7, 11) is 1.62. The summed E-state index contributed by atoms with van der Waals surface area (Å²) in [6.07, 6.45) is 1.08. The van der Waals surface area contributed by atoms with Gasteiger partial charge in [0.1, 0.15) is 5.75 Å². The van der Waals surface area contributed by atoms with E-state index in [9.17, 15) is 4.79 Å². The van der Waals surface area contributed by atoms with Crippen molar-refractivity contribution in [3.8, 4) is 5.75 Å². The lowest BCUT2D eigenvalue weighted by atomic mass is 10.1. The van der Waals surface area contributed by atoms with Crippen LogP contribution in [-0.2, 0) is 11.2 Å². The molecule has 0 aromatic heterocycles. The Balaban J connectivity index is 2.35. The summed E-state index contributed by atoms with van der Waals surface area (Å²) in [6, 6.07) is 7.46. The van der Waals surface area contributed by atoms with Crippen LogP contribution in [0.3, 0.4) is 0 Å². The zero-order valence-electron chi connectivity index (χ0n) is 11.0. The molecule has 4 nitrogen and oxygen atoms in total. The lowest BCUT2D eigenvalue weighted by Gasteiger charge is -2.11. The van der Waals surface area contributed by atoms with Crippen LogP contribution in [0.2, 0.25) is 0 Å². The number of aliphatic hydroxyl groups excluding tert-OH is 1. The van der Waals surface area contributed by atoms with Gasteiger partial charge in [0.15, 0.2) is 0 Å². The third-order valence-corrected chi connectivity index (χ3v) is 2.79. The molecule has 0 aliphatic rings. The highest BCUT2D eigenvalue weighted by Crippen LogP contribution is 2.11. The Morgan fingerprint density at radius 2 is 2.06 bits per heavy atom. The summed E-state index contributed by atoms with van der Waals surface area (Å²) >= 11 is 0. The molecule has 1 amide bonds. The first-order chi connectivity index (χ1) is 8.65. The first-order valence-corrected chi connectivity index (χ1v) is 6.16. The molecular formula is C14H21NO3. The maximum absolute atomic E-state index is 11.7. The number of hydrogen-bond acceptors (Lipinski definition) is 3. The van der Waals surface area contributed by atoms with Crippen molar-refractivity contribution in [3.05, 3.63) is 29.8 Å². The normalized spacial score (nSPS) is 11.9. The third-order valence-electron chi connectivity index (χ3n) is 2.79. The fourth-order valence-electron chi connectivity index (χ4n) is 1.60. The van der Waals surface area contributed by atoms with E-state index in [-0.39, 0.29) is 12.5 Å². The van der Waals surface area contributed by atoms with Crippen molar-refractivity contribution >= 4 is 5.91 Å². The van der Waals surface area contributed by atoms with Gasteiger partial charge in [-0.1, -0.05) is 19.1 Å². The molecule has 0 aliphatic heterocycles. The predicted octanol–water partition coefficient (Wildman–Crippen LogP) is 1.37. The van der Waals surface area contributed by atoms with Crippen LogP contribution in [0.5, 0.6) is 5.75 Å². The summed E-state index contributed by atoms with van der Waals surface area (Å²) in [6.45, 7) is 2.77. The van der Waals surface area contributed by atoms with Gasteiger partial charge in [-0.3, -0.25) is 4.79 Å². The van der Waals surface area contributed by atoms with Crippen LogP contribution in [-0.4, -0.2) is 31.3 Å². The second-order valence-electron chi connectivity index (χ2n) is 4.45. The molecule has 0 saturated carbocycles. The Bertz CT molecular complexity index is 362. The van der Waals surface area contributed by atoms with Crippen LogP contribution in [0.4, 0.5) is 0 Å². The van der Waals surface area contributed by atoms with Crippen molar-refractivity contribution in [3.63, 3.8) is 0 Å². The molecule has 0 heterocycles. The van der Waals surface area contributed by atoms with E-state index in [0.717, 1.165) is 11.3 Å². The zero-order valence-corrected chi connectivity index (χ0v) is 11.0. The predicted molar refractivity (Wildman–Crippen MR) is 70.6 cm³/mol. The molecule has 18 heavy (non-hydrogen) atoms. The van der Waals surface area contributed by atoms with E-state index in [1.165, 1.54) is 0 Å². The Morgan fingerprint density at radius 1 is 1.39 bits per heavy atom. The van der Waals surface area contributed by atoms with Crippen molar-refractivity contribution in [1.82, 2.24) is 5.32 Å². The van der Waals surface area contributed by atoms with Crippen molar-refractivity contribution in [2.24, 2.45) is 5.92 Å². The van der Waals surface area contributed by atoms with E-state index in [1.807, 2.05) is 31.2 Å². The number of hydrogen-bond donors (Lipinski definition) is 2. The Morgan fingerprint density at radius 3 is 2.61 bits per heavy atom. The molecule has 0 saturated heterocycles. The van der Waals surface area contributed by atoms with Gasteiger partial charge in [-0.05, 0) is 30.0 Å². The molecule has 0 radical (unpaired) electrons. The summed E-state index contributed by atoms with van der Waals surface area (Å²) in [5.41, 5.74) is 0.961. The molecule has 1 aromatic carbocycles. The van der Waals surface area contributed by atoms with Crippen molar-refractivity contribution in [1.29, 1.82) is 0 Å². The van der Waals surface area contributed by atoms with E-state index in [0.29, 0.717) is 25.3 Å². The molecule has 1 unspecified atom stereocenters. The topological polar surface area (TPSA) is 58.6 Å². The van der Waals surface area contributed by atoms with Crippen molar-refractivity contribution in [2.75, 3.05) is 20.3 Å². The minimum absolute atomic E-state index is 0.00459. The van der Waals surface area contributed by atoms with E-state index < -0.39 is 0 Å². The minimum Gasteiger partial charge on any atom is -0.497 e. The standard InChI is InChI=1S/C14H21NO3/c1-11(7-8-16)10-15-14(17)9-12-3-5-13(18-2)6-4-12/h3-6,11,16H,7-10H2,1-2H3,(H,15,17). The molecule has 100 valence electrons. The monoisotopic (exact) mass is 251 g/mol. The van der Waals surface area contributed by atoms with Gasteiger partial charge in [0, 0.05) is 13.2 Å². The maximum atomic E-state index is 11.7. The van der Waals surface area contributed by atoms with E-state index in [1.54, 1.807) is 7.11 Å². The van der Waals surface area contributed by atoms with Gasteiger partial charge in [0.25, 0.3) is 0 Å². The number of nitrogens with one attached hydrogen (secondary N) is 1. The second kappa shape index (κ2) is 7.71. The van der Waals surface area contributed by atoms with E-state index in [2.05, 4.69) is 5.32 Å². The molecule has 2 N–H and O–H groups in total. The molecule has 4 heteroatoms. The van der Waals surface area contributed by atoms with Crippen LogP contribution in [0.15, 0.2) is 24.3 Å². The Labute approximate surface area is 108 Å². The Hall–Kier alpha value is -1.55. The fraction of sp³-hybridized carbons (Fsp3) is 0.500. The quantitative estimate of drug-likeness (QED) is 0.769. The first kappa shape index (κ1) is 14.5. The maximum Gasteiger partial charge on any atom is 0.224 e. The molecule has 0 fully saturated rings. The number of aliphatic hydroxyl groups is 1. The number of rotatable bonds is 7. The SMILES string of the molecule is COc1ccc(CC(=O)NCC(C)CCO)cc1. The molecule has 1 aromatic rings. The van der Waals surface area contributed by atoms with Gasteiger partial charge in [-0.15, -0.1) is 0 Å². The third kappa shape index (κ3) is 5.19. The van der Waals surface area contributed by atoms with Gasteiger partial charge in [-0.2, -0.15) is 0 Å². The Kier molecular flexibility index (Phi) is 6.22. The highest BCUT2D eigenvalue weighted by molar-refractivity contribution is 5.78. The summed E-state index contributed by atoms with van der Waals surface area (Å²) in [5.74, 6) is 1.09. The lowest BCUT2D eigenvalue weighted by molar-refractivity contribution is -0.120. The summed E-state index contributed by atoms with van der Waals surface area (Å²) in [4.78, 5) is 11.7. The highest BCUT2D eigenvalue weighted by Gasteiger charge is 2.06. The summed E-state index contributed by atoms with van der Waals surface area (Å²) in [5, 5.41) is 11.6. The molecule has 0 bridgehead atoms. The first-order valence-electron chi connectivity index (χ1n) is 6.16. The van der Waals surface area contributed by atoms with Crippen molar-refractivity contribution in [2.45, 2.75) is 19.8 Å². The smallest absolute Gasteiger partial charge is 0.224 e. The van der Waals surface area contributed by atoms with Crippen LogP contribution in [0.1, 0.15) is 18.9 Å². The largest absolute Gasteiger partial charge is 0.497 e. The van der Waals surface area contributed by atoms with Crippen molar-refractivity contribution < 1.29 is 14.6 Å². The van der Waals surface area contributed by atoms with Crippen LogP contribution < -0.4 is 10.1 Å². The van der Waals surface area contributed by atoms with Crippen LogP contribution in [0, 0.1) is 5.92 Å². The molecule has 1 rings (SSSR count). The van der Waals surface area contributed by atoms with Gasteiger partial charge >= 0.3 is 0 Å². The zero-order chi connectivity index (χ0) is 13.4. The summed E-state index contributed by atoms with van der Waals surface area (Å²) < 4.78 is 5.06. The number of methoxy groups -OCH3 is 1. The molecular weight excluding hydrogens is 230 g/mol. The van der Waals surface area contributed by atoms with Gasteiger partial charge in [0.05, 0.1) is 13.5 Å². The number of carbonyl (C=O) groups is 1. The molecule has 0 aliphatic carbocycles. The molecule has 1 atom stereocenters. The van der Waals surface area contributed by atoms with Gasteiger partial charge in [0.2, 0.25) is 5.91 Å². The fourth-order valence-corrected chi connectivity index (χ4v) is 1.60. The average molecular weight is 251 g/mol. The van der Waals surface area contributed by atoms with Gasteiger partial charge in [-0.25, -0.2) is 0 Å². The van der Waals surface area contributed by atoms with E-state index >= 15 is 0 Å². The average Bonchev–Trinajstić information content (AvgIpc) is 2.38. The number of benzene rings is 1. The number of amides is 1. The lowest BCUT2D eigenvalue weighted by Crippen LogP contribution is -2.29. The second-order valence-corrected chi connectivity index (χ2v) is 4.45. The highest BCUT2D eigenvalue weighted by atomic mass is 16.5. The number of carbonyl (C=O) groups excluding carboxylic acids is 1.